The molecule has 0 spiro atoms. The summed E-state index contributed by atoms with van der Waals surface area (Å²) in [6.45, 7) is 6.27. The van der Waals surface area contributed by atoms with Crippen LogP contribution in [-0.4, -0.2) is 9.97 Å². The van der Waals surface area contributed by atoms with Crippen molar-refractivity contribution in [3.05, 3.63) is 35.3 Å². The molecule has 2 heteroatoms. The Kier molecular flexibility index (Phi) is 2.67. The molecule has 0 aliphatic heterocycles. The Morgan fingerprint density at radius 1 is 1.07 bits per heavy atom. The molecule has 0 N–H and O–H groups in total. The molecule has 0 aliphatic rings. The largest absolute Gasteiger partial charge is 0.241 e. The molecule has 1 heterocycles. The van der Waals surface area contributed by atoms with Gasteiger partial charge in [-0.2, -0.15) is 0 Å². The monoisotopic (exact) mass is 200 g/mol. The molecule has 1 aromatic heterocycles. The van der Waals surface area contributed by atoms with E-state index in [2.05, 4.69) is 35.9 Å². The van der Waals surface area contributed by atoms with Gasteiger partial charge in [0.25, 0.3) is 0 Å². The molecule has 0 unspecified atom stereocenters. The predicted molar refractivity (Wildman–Crippen MR) is 63.0 cm³/mol. The second-order valence-electron chi connectivity index (χ2n) is 3.77. The zero-order valence-electron chi connectivity index (χ0n) is 9.54. The van der Waals surface area contributed by atoms with Gasteiger partial charge in [0, 0.05) is 11.6 Å². The van der Waals surface area contributed by atoms with Gasteiger partial charge in [-0.15, -0.1) is 0 Å². The van der Waals surface area contributed by atoms with Crippen LogP contribution in [0, 0.1) is 6.92 Å². The van der Waals surface area contributed by atoms with Crippen LogP contribution in [0.3, 0.4) is 0 Å². The maximum Gasteiger partial charge on any atom is 0.125 e. The molecule has 2 nitrogen and oxygen atoms in total. The topological polar surface area (TPSA) is 25.8 Å². The number of hydrogen-bond acceptors (Lipinski definition) is 2. The van der Waals surface area contributed by atoms with Crippen LogP contribution in [0.1, 0.15) is 30.8 Å². The first-order valence-corrected chi connectivity index (χ1v) is 5.50. The molecule has 15 heavy (non-hydrogen) atoms. The second kappa shape index (κ2) is 3.97. The summed E-state index contributed by atoms with van der Waals surface area (Å²) in [7, 11) is 0. The highest BCUT2D eigenvalue weighted by atomic mass is 14.9. The Labute approximate surface area is 90.4 Å². The maximum absolute atomic E-state index is 4.54. The van der Waals surface area contributed by atoms with Gasteiger partial charge in [0.2, 0.25) is 0 Å². The van der Waals surface area contributed by atoms with Crippen LogP contribution in [0.2, 0.25) is 0 Å². The lowest BCUT2D eigenvalue weighted by atomic mass is 10.0. The zero-order valence-corrected chi connectivity index (χ0v) is 9.54. The zero-order chi connectivity index (χ0) is 10.8. The standard InChI is InChI=1S/C13H16N2/c1-4-10-6-7-11(5-2)13-12(10)8-14-9(3)15-13/h6-8H,4-5H2,1-3H3. The first-order chi connectivity index (χ1) is 7.26. The lowest BCUT2D eigenvalue weighted by Gasteiger charge is -2.08. The lowest BCUT2D eigenvalue weighted by Crippen LogP contribution is -1.95. The van der Waals surface area contributed by atoms with E-state index in [-0.39, 0.29) is 0 Å². The van der Waals surface area contributed by atoms with E-state index in [0.717, 1.165) is 24.2 Å². The molecular weight excluding hydrogens is 184 g/mol. The summed E-state index contributed by atoms with van der Waals surface area (Å²) < 4.78 is 0. The van der Waals surface area contributed by atoms with Crippen LogP contribution in [0.5, 0.6) is 0 Å². The highest BCUT2D eigenvalue weighted by Crippen LogP contribution is 2.21. The highest BCUT2D eigenvalue weighted by molar-refractivity contribution is 5.84. The number of aryl methyl sites for hydroxylation is 3. The fourth-order valence-electron chi connectivity index (χ4n) is 1.91. The van der Waals surface area contributed by atoms with Gasteiger partial charge in [-0.05, 0) is 30.9 Å². The number of benzene rings is 1. The van der Waals surface area contributed by atoms with Gasteiger partial charge in [0.1, 0.15) is 5.82 Å². The third-order valence-corrected chi connectivity index (χ3v) is 2.81. The average molecular weight is 200 g/mol. The number of aromatic nitrogens is 2. The van der Waals surface area contributed by atoms with Gasteiger partial charge in [-0.3, -0.25) is 0 Å². The third kappa shape index (κ3) is 1.72. The van der Waals surface area contributed by atoms with E-state index in [1.165, 1.54) is 16.5 Å². The van der Waals surface area contributed by atoms with Gasteiger partial charge >= 0.3 is 0 Å². The van der Waals surface area contributed by atoms with E-state index in [1.54, 1.807) is 0 Å². The quantitative estimate of drug-likeness (QED) is 0.744. The molecule has 1 aromatic carbocycles. The van der Waals surface area contributed by atoms with Crippen molar-refractivity contribution in [3.63, 3.8) is 0 Å². The van der Waals surface area contributed by atoms with Crippen molar-refractivity contribution in [2.45, 2.75) is 33.6 Å². The molecule has 0 amide bonds. The minimum absolute atomic E-state index is 0.852. The van der Waals surface area contributed by atoms with Crippen molar-refractivity contribution in [2.75, 3.05) is 0 Å². The molecule has 0 fully saturated rings. The Morgan fingerprint density at radius 2 is 1.73 bits per heavy atom. The molecular formula is C13H16N2. The van der Waals surface area contributed by atoms with Gasteiger partial charge in [-0.1, -0.05) is 26.0 Å². The first-order valence-electron chi connectivity index (χ1n) is 5.50. The Balaban J connectivity index is 2.80. The van der Waals surface area contributed by atoms with Crippen LogP contribution in [0.25, 0.3) is 10.9 Å². The molecule has 2 aromatic rings. The molecule has 0 atom stereocenters. The number of rotatable bonds is 2. The predicted octanol–water partition coefficient (Wildman–Crippen LogP) is 3.06. The van der Waals surface area contributed by atoms with E-state index in [9.17, 15) is 0 Å². The molecule has 0 bridgehead atoms. The molecule has 0 radical (unpaired) electrons. The molecule has 0 saturated heterocycles. The smallest absolute Gasteiger partial charge is 0.125 e. The minimum atomic E-state index is 0.852. The van der Waals surface area contributed by atoms with E-state index >= 15 is 0 Å². The van der Waals surface area contributed by atoms with Crippen LogP contribution >= 0.6 is 0 Å². The number of nitrogens with zero attached hydrogens (tertiary/aromatic N) is 2. The lowest BCUT2D eigenvalue weighted by molar-refractivity contribution is 1.05. The molecule has 0 aliphatic carbocycles. The summed E-state index contributed by atoms with van der Waals surface area (Å²) >= 11 is 0. The van der Waals surface area contributed by atoms with Crippen LogP contribution in [-0.2, 0) is 12.8 Å². The van der Waals surface area contributed by atoms with Crippen LogP contribution < -0.4 is 0 Å². The van der Waals surface area contributed by atoms with Crippen molar-refractivity contribution in [1.29, 1.82) is 0 Å². The SMILES string of the molecule is CCc1ccc(CC)c2nc(C)ncc12. The van der Waals surface area contributed by atoms with Crippen molar-refractivity contribution in [3.8, 4) is 0 Å². The fraction of sp³-hybridized carbons (Fsp3) is 0.385. The van der Waals surface area contributed by atoms with Gasteiger partial charge < -0.3 is 0 Å². The van der Waals surface area contributed by atoms with Gasteiger partial charge in [-0.25, -0.2) is 9.97 Å². The fourth-order valence-corrected chi connectivity index (χ4v) is 1.91. The summed E-state index contributed by atoms with van der Waals surface area (Å²) in [6, 6.07) is 4.38. The Hall–Kier alpha value is -1.44. The number of hydrogen-bond donors (Lipinski definition) is 0. The van der Waals surface area contributed by atoms with E-state index in [4.69, 9.17) is 0 Å². The molecule has 78 valence electrons. The summed E-state index contributed by atoms with van der Waals surface area (Å²) in [4.78, 5) is 8.82. The van der Waals surface area contributed by atoms with Gasteiger partial charge in [0.15, 0.2) is 0 Å². The Bertz CT molecular complexity index is 489. The van der Waals surface area contributed by atoms with Crippen molar-refractivity contribution in [1.82, 2.24) is 9.97 Å². The Morgan fingerprint density at radius 3 is 2.40 bits per heavy atom. The van der Waals surface area contributed by atoms with Crippen molar-refractivity contribution in [2.24, 2.45) is 0 Å². The van der Waals surface area contributed by atoms with Gasteiger partial charge in [0.05, 0.1) is 5.52 Å². The maximum atomic E-state index is 4.54. The molecule has 2 rings (SSSR count). The van der Waals surface area contributed by atoms with E-state index in [0.29, 0.717) is 0 Å². The van der Waals surface area contributed by atoms with E-state index < -0.39 is 0 Å². The number of fused-ring (bicyclic) bond motifs is 1. The average Bonchev–Trinajstić information content (AvgIpc) is 2.27. The van der Waals surface area contributed by atoms with Crippen LogP contribution in [0.15, 0.2) is 18.3 Å². The summed E-state index contributed by atoms with van der Waals surface area (Å²) in [5.74, 6) is 0.852. The van der Waals surface area contributed by atoms with E-state index in [1.807, 2.05) is 13.1 Å². The minimum Gasteiger partial charge on any atom is -0.241 e. The summed E-state index contributed by atoms with van der Waals surface area (Å²) in [5, 5.41) is 1.21. The second-order valence-corrected chi connectivity index (χ2v) is 3.77. The van der Waals surface area contributed by atoms with Crippen molar-refractivity contribution < 1.29 is 0 Å². The summed E-state index contributed by atoms with van der Waals surface area (Å²) in [5.41, 5.74) is 3.78. The molecule has 0 saturated carbocycles. The third-order valence-electron chi connectivity index (χ3n) is 2.81. The first kappa shape index (κ1) is 10.1. The van der Waals surface area contributed by atoms with Crippen molar-refractivity contribution >= 4 is 10.9 Å². The normalized spacial score (nSPS) is 10.9. The van der Waals surface area contributed by atoms with Crippen LogP contribution in [0.4, 0.5) is 0 Å². The summed E-state index contributed by atoms with van der Waals surface area (Å²) in [6.07, 6.45) is 4.01. The highest BCUT2D eigenvalue weighted by Gasteiger charge is 2.05.